The van der Waals surface area contributed by atoms with Crippen molar-refractivity contribution in [3.05, 3.63) is 34.7 Å². The third kappa shape index (κ3) is 4.94. The molecule has 26 heavy (non-hydrogen) atoms. The van der Waals surface area contributed by atoms with Gasteiger partial charge in [-0.2, -0.15) is 0 Å². The maximum Gasteiger partial charge on any atom is 0.320 e. The summed E-state index contributed by atoms with van der Waals surface area (Å²) in [6, 6.07) is 5.13. The summed E-state index contributed by atoms with van der Waals surface area (Å²) >= 11 is 0. The van der Waals surface area contributed by atoms with Crippen molar-refractivity contribution in [3.8, 4) is 0 Å². The van der Waals surface area contributed by atoms with Crippen molar-refractivity contribution in [2.75, 3.05) is 25.0 Å². The van der Waals surface area contributed by atoms with Gasteiger partial charge in [0.15, 0.2) is 0 Å². The molecule has 7 nitrogen and oxygen atoms in total. The van der Waals surface area contributed by atoms with Gasteiger partial charge < -0.3 is 20.2 Å². The topological polar surface area (TPSA) is 86.5 Å². The number of aryl methyl sites for hydroxylation is 1. The Hall–Kier alpha value is -1.67. The van der Waals surface area contributed by atoms with Crippen molar-refractivity contribution in [3.63, 3.8) is 0 Å². The molecule has 2 aromatic rings. The van der Waals surface area contributed by atoms with E-state index in [0.717, 1.165) is 31.9 Å². The Morgan fingerprint density at radius 3 is 2.81 bits per heavy atom. The van der Waals surface area contributed by atoms with E-state index in [9.17, 15) is 5.11 Å². The van der Waals surface area contributed by atoms with Crippen LogP contribution in [0.25, 0.3) is 0 Å². The summed E-state index contributed by atoms with van der Waals surface area (Å²) in [5.74, 6) is 0.211. The van der Waals surface area contributed by atoms with Crippen molar-refractivity contribution >= 4 is 24.1 Å². The molecule has 0 amide bonds. The lowest BCUT2D eigenvalue weighted by molar-refractivity contribution is 0.164. The first kappa shape index (κ1) is 20.6. The predicted molar refractivity (Wildman–Crippen MR) is 104 cm³/mol. The molecule has 0 saturated carbocycles. The van der Waals surface area contributed by atoms with E-state index in [1.165, 1.54) is 16.7 Å². The largest absolute Gasteiger partial charge is 0.405 e. The molecule has 8 heteroatoms. The van der Waals surface area contributed by atoms with Gasteiger partial charge in [-0.15, -0.1) is 17.5 Å². The molecule has 0 spiro atoms. The summed E-state index contributed by atoms with van der Waals surface area (Å²) in [6.45, 7) is 12.1. The second-order valence-corrected chi connectivity index (χ2v) is 6.93. The van der Waals surface area contributed by atoms with E-state index in [1.54, 1.807) is 6.92 Å². The van der Waals surface area contributed by atoms with E-state index in [2.05, 4.69) is 58.6 Å². The van der Waals surface area contributed by atoms with Gasteiger partial charge in [0.05, 0.1) is 0 Å². The summed E-state index contributed by atoms with van der Waals surface area (Å²) in [5, 5.41) is 24.0. The molecule has 1 aromatic heterocycles. The fourth-order valence-corrected chi connectivity index (χ4v) is 3.19. The number of hydrogen-bond donors (Lipinski definition) is 3. The molecular weight excluding hydrogens is 354 g/mol. The minimum Gasteiger partial charge on any atom is -0.405 e. The van der Waals surface area contributed by atoms with Gasteiger partial charge in [0.2, 0.25) is 5.89 Å². The van der Waals surface area contributed by atoms with E-state index < -0.39 is 6.10 Å². The third-order valence-corrected chi connectivity index (χ3v) is 4.55. The molecule has 0 unspecified atom stereocenters. The standard InChI is InChI=1S/C18H27N5O2.ClH/c1-11-7-15(10-23-6-5-19-12(2)9-23)13(3)16(8-11)20-18-22-21-17(25-18)14(4)24;/h7-8,12,14,19,24H,5-6,9-10H2,1-4H3,(H,20,22);1H/t12-,14+;/m0./s1. The maximum atomic E-state index is 9.51. The first-order valence-electron chi connectivity index (χ1n) is 8.76. The number of benzene rings is 1. The van der Waals surface area contributed by atoms with Gasteiger partial charge in [-0.05, 0) is 50.5 Å². The van der Waals surface area contributed by atoms with Crippen molar-refractivity contribution in [2.45, 2.75) is 46.4 Å². The molecule has 0 radical (unpaired) electrons. The molecule has 2 atom stereocenters. The lowest BCUT2D eigenvalue weighted by atomic mass is 10.0. The quantitative estimate of drug-likeness (QED) is 0.734. The van der Waals surface area contributed by atoms with E-state index in [0.29, 0.717) is 12.1 Å². The maximum absolute atomic E-state index is 9.51. The number of hydrogen-bond acceptors (Lipinski definition) is 7. The highest BCUT2D eigenvalue weighted by Crippen LogP contribution is 2.26. The first-order valence-corrected chi connectivity index (χ1v) is 8.76. The SMILES string of the molecule is Cc1cc(CN2CCN[C@@H](C)C2)c(C)c(Nc2nnc([C@@H](C)O)o2)c1.Cl. The second kappa shape index (κ2) is 8.81. The number of piperazine rings is 1. The number of nitrogens with one attached hydrogen (secondary N) is 2. The number of aromatic nitrogens is 2. The summed E-state index contributed by atoms with van der Waals surface area (Å²) in [7, 11) is 0. The number of rotatable bonds is 5. The predicted octanol–water partition coefficient (Wildman–Crippen LogP) is 2.70. The minimum absolute atomic E-state index is 0. The summed E-state index contributed by atoms with van der Waals surface area (Å²) in [6.07, 6.45) is -0.771. The molecule has 1 aliphatic heterocycles. The first-order chi connectivity index (χ1) is 11.9. The molecule has 0 bridgehead atoms. The van der Waals surface area contributed by atoms with Crippen LogP contribution in [0.2, 0.25) is 0 Å². The Labute approximate surface area is 160 Å². The Morgan fingerprint density at radius 2 is 2.15 bits per heavy atom. The lowest BCUT2D eigenvalue weighted by Crippen LogP contribution is -2.48. The zero-order valence-corrected chi connectivity index (χ0v) is 16.6. The van der Waals surface area contributed by atoms with Crippen molar-refractivity contribution in [1.82, 2.24) is 20.4 Å². The fraction of sp³-hybridized carbons (Fsp3) is 0.556. The number of aliphatic hydroxyl groups is 1. The second-order valence-electron chi connectivity index (χ2n) is 6.93. The van der Waals surface area contributed by atoms with Crippen LogP contribution in [-0.2, 0) is 6.54 Å². The highest BCUT2D eigenvalue weighted by Gasteiger charge is 2.18. The van der Waals surface area contributed by atoms with Gasteiger partial charge in [0, 0.05) is 37.9 Å². The van der Waals surface area contributed by atoms with Crippen LogP contribution in [0.1, 0.15) is 42.5 Å². The highest BCUT2D eigenvalue weighted by molar-refractivity contribution is 5.85. The van der Waals surface area contributed by atoms with Gasteiger partial charge in [-0.25, -0.2) is 0 Å². The van der Waals surface area contributed by atoms with Gasteiger partial charge in [-0.1, -0.05) is 11.2 Å². The number of aliphatic hydroxyl groups excluding tert-OH is 1. The molecule has 3 rings (SSSR count). The Morgan fingerprint density at radius 1 is 1.38 bits per heavy atom. The number of nitrogens with zero attached hydrogens (tertiary/aromatic N) is 3. The van der Waals surface area contributed by atoms with Gasteiger partial charge in [0.25, 0.3) is 0 Å². The molecule has 0 aliphatic carbocycles. The van der Waals surface area contributed by atoms with E-state index >= 15 is 0 Å². The van der Waals surface area contributed by atoms with Gasteiger partial charge in [-0.3, -0.25) is 4.90 Å². The molecule has 2 heterocycles. The molecular formula is C18H28ClN5O2. The molecule has 1 aromatic carbocycles. The van der Waals surface area contributed by atoms with Crippen LogP contribution in [0.5, 0.6) is 0 Å². The van der Waals surface area contributed by atoms with Crippen molar-refractivity contribution < 1.29 is 9.52 Å². The van der Waals surface area contributed by atoms with Gasteiger partial charge >= 0.3 is 6.01 Å². The molecule has 1 saturated heterocycles. The summed E-state index contributed by atoms with van der Waals surface area (Å²) < 4.78 is 5.45. The average Bonchev–Trinajstić information content (AvgIpc) is 3.01. The smallest absolute Gasteiger partial charge is 0.320 e. The van der Waals surface area contributed by atoms with Crippen LogP contribution in [0.4, 0.5) is 11.7 Å². The van der Waals surface area contributed by atoms with E-state index in [1.807, 2.05) is 0 Å². The molecule has 144 valence electrons. The normalized spacial score (nSPS) is 19.0. The zero-order chi connectivity index (χ0) is 18.0. The summed E-state index contributed by atoms with van der Waals surface area (Å²) in [5.41, 5.74) is 4.61. The number of anilines is 2. The van der Waals surface area contributed by atoms with Crippen LogP contribution in [-0.4, -0.2) is 45.9 Å². The average molecular weight is 382 g/mol. The number of halogens is 1. The van der Waals surface area contributed by atoms with Crippen LogP contribution in [0.3, 0.4) is 0 Å². The van der Waals surface area contributed by atoms with Crippen LogP contribution >= 0.6 is 12.4 Å². The Bertz CT molecular complexity index is 734. The Balaban J connectivity index is 0.00000243. The minimum atomic E-state index is -0.771. The molecule has 1 fully saturated rings. The van der Waals surface area contributed by atoms with E-state index in [4.69, 9.17) is 4.42 Å². The van der Waals surface area contributed by atoms with Crippen LogP contribution < -0.4 is 10.6 Å². The zero-order valence-electron chi connectivity index (χ0n) is 15.7. The van der Waals surface area contributed by atoms with Crippen LogP contribution in [0, 0.1) is 13.8 Å². The molecule has 3 N–H and O–H groups in total. The van der Waals surface area contributed by atoms with Gasteiger partial charge in [0.1, 0.15) is 6.10 Å². The monoisotopic (exact) mass is 381 g/mol. The van der Waals surface area contributed by atoms with Crippen molar-refractivity contribution in [2.24, 2.45) is 0 Å². The highest BCUT2D eigenvalue weighted by atomic mass is 35.5. The third-order valence-electron chi connectivity index (χ3n) is 4.55. The van der Waals surface area contributed by atoms with E-state index in [-0.39, 0.29) is 18.3 Å². The molecule has 1 aliphatic rings. The Kier molecular flexibility index (Phi) is 7.00. The fourth-order valence-electron chi connectivity index (χ4n) is 3.19. The van der Waals surface area contributed by atoms with Crippen molar-refractivity contribution in [1.29, 1.82) is 0 Å². The summed E-state index contributed by atoms with van der Waals surface area (Å²) in [4.78, 5) is 2.48. The lowest BCUT2D eigenvalue weighted by Gasteiger charge is -2.32. The van der Waals surface area contributed by atoms with Crippen LogP contribution in [0.15, 0.2) is 16.5 Å².